The van der Waals surface area contributed by atoms with Gasteiger partial charge in [0.05, 0.1) is 18.5 Å². The van der Waals surface area contributed by atoms with Crippen molar-refractivity contribution in [1.29, 1.82) is 0 Å². The van der Waals surface area contributed by atoms with Crippen LogP contribution in [-0.2, 0) is 32.0 Å². The zero-order valence-corrected chi connectivity index (χ0v) is 21.3. The lowest BCUT2D eigenvalue weighted by Gasteiger charge is -2.26. The van der Waals surface area contributed by atoms with Crippen molar-refractivity contribution < 1.29 is 29.4 Å². The van der Waals surface area contributed by atoms with E-state index < -0.39 is 54.0 Å². The summed E-state index contributed by atoms with van der Waals surface area (Å²) in [5.74, 6) is -3.47. The van der Waals surface area contributed by atoms with Crippen molar-refractivity contribution in [3.05, 3.63) is 54.1 Å². The number of hydrogen-bond acceptors (Lipinski definition) is 8. The monoisotopic (exact) mass is 531 g/mol. The van der Waals surface area contributed by atoms with Gasteiger partial charge in [-0.1, -0.05) is 30.3 Å². The van der Waals surface area contributed by atoms with Gasteiger partial charge in [0.15, 0.2) is 0 Å². The molecule has 0 fully saturated rings. The smallest absolute Gasteiger partial charge is 0.326 e. The van der Waals surface area contributed by atoms with Gasteiger partial charge in [-0.3, -0.25) is 14.4 Å². The number of hydrogen-bond donors (Lipinski definition) is 8. The fourth-order valence-corrected chi connectivity index (χ4v) is 3.74. The standard InChI is InChI=1S/C25H37N7O6/c1-15(33)21(24(36)31-20(25(37)38)12-17-13-28-14-29-17)32-23(35)19(9-5-6-10-26)30-22(34)18(27)11-16-7-3-2-4-8-16/h2-4,7-8,13-15,18-21,33H,5-6,9-12,26-27H2,1H3,(H,28,29)(H,30,34)(H,31,36)(H,32,35)(H,37,38). The minimum absolute atomic E-state index is 0.0847. The first-order valence-corrected chi connectivity index (χ1v) is 12.4. The number of aliphatic hydroxyl groups excluding tert-OH is 1. The maximum atomic E-state index is 13.1. The number of unbranched alkanes of at least 4 members (excludes halogenated alkanes) is 1. The number of aromatic amines is 1. The largest absolute Gasteiger partial charge is 0.480 e. The second-order valence-electron chi connectivity index (χ2n) is 9.05. The molecule has 5 atom stereocenters. The first-order chi connectivity index (χ1) is 18.1. The summed E-state index contributed by atoms with van der Waals surface area (Å²) in [6.45, 7) is 1.67. The summed E-state index contributed by atoms with van der Waals surface area (Å²) in [4.78, 5) is 57.0. The maximum Gasteiger partial charge on any atom is 0.326 e. The van der Waals surface area contributed by atoms with E-state index in [4.69, 9.17) is 11.5 Å². The highest BCUT2D eigenvalue weighted by Crippen LogP contribution is 2.07. The number of H-pyrrole nitrogens is 1. The number of carboxylic acids is 1. The van der Waals surface area contributed by atoms with Crippen LogP contribution in [0, 0.1) is 0 Å². The van der Waals surface area contributed by atoms with Gasteiger partial charge in [-0.25, -0.2) is 9.78 Å². The van der Waals surface area contributed by atoms with E-state index in [0.717, 1.165) is 5.56 Å². The van der Waals surface area contributed by atoms with Crippen LogP contribution in [0.3, 0.4) is 0 Å². The molecule has 3 amide bonds. The van der Waals surface area contributed by atoms with Crippen LogP contribution in [0.1, 0.15) is 37.4 Å². The molecule has 1 aromatic carbocycles. The lowest BCUT2D eigenvalue weighted by molar-refractivity contribution is -0.143. The van der Waals surface area contributed by atoms with E-state index in [1.165, 1.54) is 19.4 Å². The SMILES string of the molecule is CC(O)C(NC(=O)C(CCCCN)NC(=O)C(N)Cc1ccccc1)C(=O)NC(Cc1cnc[nH]1)C(=O)O. The van der Waals surface area contributed by atoms with E-state index in [1.54, 1.807) is 0 Å². The zero-order valence-electron chi connectivity index (χ0n) is 21.3. The lowest BCUT2D eigenvalue weighted by Crippen LogP contribution is -2.60. The van der Waals surface area contributed by atoms with Crippen LogP contribution >= 0.6 is 0 Å². The molecular formula is C25H37N7O6. The molecular weight excluding hydrogens is 494 g/mol. The van der Waals surface area contributed by atoms with Crippen molar-refractivity contribution in [3.8, 4) is 0 Å². The fourth-order valence-electron chi connectivity index (χ4n) is 3.74. The molecule has 0 aliphatic rings. The molecule has 208 valence electrons. The Labute approximate surface area is 220 Å². The minimum atomic E-state index is -1.47. The van der Waals surface area contributed by atoms with Crippen LogP contribution in [0.2, 0.25) is 0 Å². The number of nitrogens with zero attached hydrogens (tertiary/aromatic N) is 1. The summed E-state index contributed by atoms with van der Waals surface area (Å²) < 4.78 is 0. The van der Waals surface area contributed by atoms with Gasteiger partial charge in [0.1, 0.15) is 18.1 Å². The molecule has 0 spiro atoms. The Bertz CT molecular complexity index is 1030. The van der Waals surface area contributed by atoms with E-state index in [9.17, 15) is 29.4 Å². The molecule has 0 bridgehead atoms. The average molecular weight is 532 g/mol. The number of amides is 3. The van der Waals surface area contributed by atoms with Crippen molar-refractivity contribution in [3.63, 3.8) is 0 Å². The summed E-state index contributed by atoms with van der Waals surface area (Å²) in [6, 6.07) is 4.39. The van der Waals surface area contributed by atoms with Crippen molar-refractivity contribution in [1.82, 2.24) is 25.9 Å². The molecule has 0 saturated heterocycles. The average Bonchev–Trinajstić information content (AvgIpc) is 3.39. The molecule has 0 saturated carbocycles. The number of carbonyl (C=O) groups excluding carboxylic acids is 3. The van der Waals surface area contributed by atoms with Crippen LogP contribution < -0.4 is 27.4 Å². The van der Waals surface area contributed by atoms with Gasteiger partial charge in [0.2, 0.25) is 17.7 Å². The predicted octanol–water partition coefficient (Wildman–Crippen LogP) is -1.43. The number of nitrogens with one attached hydrogen (secondary N) is 4. The molecule has 0 aliphatic heterocycles. The predicted molar refractivity (Wildman–Crippen MR) is 138 cm³/mol. The highest BCUT2D eigenvalue weighted by molar-refractivity contribution is 5.94. The molecule has 5 unspecified atom stereocenters. The highest BCUT2D eigenvalue weighted by Gasteiger charge is 2.32. The third-order valence-corrected chi connectivity index (χ3v) is 5.87. The van der Waals surface area contributed by atoms with Crippen LogP contribution in [0.15, 0.2) is 42.9 Å². The number of carboxylic acid groups (broad SMARTS) is 1. The Morgan fingerprint density at radius 1 is 0.974 bits per heavy atom. The summed E-state index contributed by atoms with van der Waals surface area (Å²) >= 11 is 0. The number of aromatic nitrogens is 2. The number of benzene rings is 1. The molecule has 0 aliphatic carbocycles. The van der Waals surface area contributed by atoms with Crippen molar-refractivity contribution in [2.75, 3.05) is 6.54 Å². The molecule has 13 heteroatoms. The number of rotatable bonds is 16. The van der Waals surface area contributed by atoms with Crippen molar-refractivity contribution in [2.45, 2.75) is 69.3 Å². The Hall–Kier alpha value is -3.81. The molecule has 13 nitrogen and oxygen atoms in total. The molecule has 10 N–H and O–H groups in total. The molecule has 2 rings (SSSR count). The Morgan fingerprint density at radius 2 is 1.66 bits per heavy atom. The molecule has 1 heterocycles. The van der Waals surface area contributed by atoms with Gasteiger partial charge in [0, 0.05) is 18.3 Å². The molecule has 2 aromatic rings. The van der Waals surface area contributed by atoms with E-state index in [2.05, 4.69) is 25.9 Å². The number of carbonyl (C=O) groups is 4. The third-order valence-electron chi connectivity index (χ3n) is 5.87. The topological polar surface area (TPSA) is 226 Å². The van der Waals surface area contributed by atoms with E-state index in [-0.39, 0.29) is 19.3 Å². The van der Waals surface area contributed by atoms with Gasteiger partial charge in [-0.15, -0.1) is 0 Å². The Balaban J connectivity index is 2.08. The van der Waals surface area contributed by atoms with Gasteiger partial charge in [0.25, 0.3) is 0 Å². The van der Waals surface area contributed by atoms with Crippen molar-refractivity contribution in [2.24, 2.45) is 11.5 Å². The van der Waals surface area contributed by atoms with Crippen LogP contribution in [0.4, 0.5) is 0 Å². The van der Waals surface area contributed by atoms with E-state index in [1.807, 2.05) is 30.3 Å². The molecule has 38 heavy (non-hydrogen) atoms. The molecule has 1 aromatic heterocycles. The number of aliphatic hydroxyl groups is 1. The number of imidazole rings is 1. The van der Waals surface area contributed by atoms with Gasteiger partial charge in [-0.05, 0) is 44.7 Å². The maximum absolute atomic E-state index is 13.1. The first-order valence-electron chi connectivity index (χ1n) is 12.4. The van der Waals surface area contributed by atoms with E-state index in [0.29, 0.717) is 25.1 Å². The number of nitrogens with two attached hydrogens (primary N) is 2. The lowest BCUT2D eigenvalue weighted by atomic mass is 10.0. The second-order valence-corrected chi connectivity index (χ2v) is 9.05. The van der Waals surface area contributed by atoms with Crippen molar-refractivity contribution >= 4 is 23.7 Å². The quantitative estimate of drug-likeness (QED) is 0.119. The van der Waals surface area contributed by atoms with Crippen LogP contribution in [-0.4, -0.2) is 80.7 Å². The summed E-state index contributed by atoms with van der Waals surface area (Å²) in [7, 11) is 0. The minimum Gasteiger partial charge on any atom is -0.480 e. The zero-order chi connectivity index (χ0) is 28.1. The third kappa shape index (κ3) is 9.92. The van der Waals surface area contributed by atoms with Gasteiger partial charge >= 0.3 is 5.97 Å². The van der Waals surface area contributed by atoms with Gasteiger partial charge in [-0.2, -0.15) is 0 Å². The van der Waals surface area contributed by atoms with E-state index >= 15 is 0 Å². The van der Waals surface area contributed by atoms with Gasteiger partial charge < -0.3 is 42.6 Å². The van der Waals surface area contributed by atoms with Crippen LogP contribution in [0.25, 0.3) is 0 Å². The molecule has 0 radical (unpaired) electrons. The Kier molecular flexibility index (Phi) is 12.4. The summed E-state index contributed by atoms with van der Waals surface area (Å²) in [6.07, 6.45) is 2.95. The highest BCUT2D eigenvalue weighted by atomic mass is 16.4. The first kappa shape index (κ1) is 30.4. The van der Waals surface area contributed by atoms with Crippen LogP contribution in [0.5, 0.6) is 0 Å². The normalized spacial score (nSPS) is 14.9. The Morgan fingerprint density at radius 3 is 2.24 bits per heavy atom. The summed E-state index contributed by atoms with van der Waals surface area (Å²) in [5.41, 5.74) is 12.9. The fraction of sp³-hybridized carbons (Fsp3) is 0.480. The number of aliphatic carboxylic acids is 1. The second kappa shape index (κ2) is 15.4. The summed E-state index contributed by atoms with van der Waals surface area (Å²) in [5, 5.41) is 27.1.